The number of rotatable bonds is 1. The summed E-state index contributed by atoms with van der Waals surface area (Å²) in [5.41, 5.74) is 0. The summed E-state index contributed by atoms with van der Waals surface area (Å²) in [6, 6.07) is 9.05. The predicted molar refractivity (Wildman–Crippen MR) is 55.9 cm³/mol. The molecule has 0 amide bonds. The lowest BCUT2D eigenvalue weighted by Gasteiger charge is -2.04. The molecule has 1 radical (unpaired) electrons. The fourth-order valence-electron chi connectivity index (χ4n) is 1.49. The first kappa shape index (κ1) is 9.95. The van der Waals surface area contributed by atoms with Gasteiger partial charge in [0, 0.05) is 10.8 Å². The molecule has 0 spiro atoms. The summed E-state index contributed by atoms with van der Waals surface area (Å²) in [7, 11) is -4.01. The molecule has 0 aromatic heterocycles. The van der Waals surface area contributed by atoms with Crippen LogP contribution in [-0.4, -0.2) is 13.5 Å². The van der Waals surface area contributed by atoms with Crippen LogP contribution in [0.3, 0.4) is 0 Å². The van der Waals surface area contributed by atoms with E-state index in [4.69, 9.17) is 5.14 Å². The van der Waals surface area contributed by atoms with Crippen LogP contribution in [-0.2, 0) is 10.0 Å². The molecule has 2 N–H and O–H groups in total. The fraction of sp³-hybridized carbons (Fsp3) is 0. The second-order valence-electron chi connectivity index (χ2n) is 3.13. The van der Waals surface area contributed by atoms with Crippen LogP contribution in [0.1, 0.15) is 0 Å². The van der Waals surface area contributed by atoms with Crippen molar-refractivity contribution in [1.82, 2.24) is 5.14 Å². The van der Waals surface area contributed by atoms with E-state index in [1.807, 2.05) is 0 Å². The molecule has 2 rings (SSSR count). The molecular weight excluding hydrogens is 214 g/mol. The first-order chi connectivity index (χ1) is 7.00. The van der Waals surface area contributed by atoms with Gasteiger partial charge in [-0.25, -0.2) is 8.42 Å². The van der Waals surface area contributed by atoms with Crippen LogP contribution < -0.4 is 5.14 Å². The van der Waals surface area contributed by atoms with Gasteiger partial charge in [0.25, 0.3) is 10.0 Å². The lowest BCUT2D eigenvalue weighted by atomic mass is 10.1. The minimum absolute atomic E-state index is 0.0120. The Hall–Kier alpha value is -1.59. The van der Waals surface area contributed by atoms with E-state index in [1.54, 1.807) is 24.3 Å². The molecule has 2 aromatic carbocycles. The lowest BCUT2D eigenvalue weighted by molar-refractivity contribution is 0.481. The molecule has 0 atom stereocenters. The minimum atomic E-state index is -4.01. The van der Waals surface area contributed by atoms with Crippen molar-refractivity contribution in [2.45, 2.75) is 4.90 Å². The molecule has 5 heteroatoms. The van der Waals surface area contributed by atoms with Crippen LogP contribution >= 0.6 is 0 Å². The van der Waals surface area contributed by atoms with Crippen LogP contribution in [0.2, 0.25) is 0 Å². The van der Waals surface area contributed by atoms with E-state index in [9.17, 15) is 13.5 Å². The maximum Gasteiger partial charge on any atom is 0.254 e. The largest absolute Gasteiger partial charge is 0.507 e. The molecule has 15 heavy (non-hydrogen) atoms. The Kier molecular flexibility index (Phi) is 2.13. The van der Waals surface area contributed by atoms with Gasteiger partial charge in [-0.15, -0.1) is 5.14 Å². The molecular formula is C10H8NO3S. The summed E-state index contributed by atoms with van der Waals surface area (Å²) in [5.74, 6) is 0.0120. The van der Waals surface area contributed by atoms with Crippen molar-refractivity contribution < 1.29 is 13.5 Å². The monoisotopic (exact) mass is 222 g/mol. The van der Waals surface area contributed by atoms with Crippen LogP contribution in [0, 0.1) is 0 Å². The number of aromatic hydroxyl groups is 1. The van der Waals surface area contributed by atoms with E-state index in [-0.39, 0.29) is 10.6 Å². The maximum absolute atomic E-state index is 11.1. The summed E-state index contributed by atoms with van der Waals surface area (Å²) >= 11 is 0. The average Bonchev–Trinajstić information content (AvgIpc) is 2.17. The van der Waals surface area contributed by atoms with Crippen molar-refractivity contribution in [1.29, 1.82) is 0 Å². The number of sulfonamides is 1. The van der Waals surface area contributed by atoms with Crippen molar-refractivity contribution in [2.75, 3.05) is 0 Å². The Morgan fingerprint density at radius 2 is 1.60 bits per heavy atom. The van der Waals surface area contributed by atoms with Crippen molar-refractivity contribution in [3.63, 3.8) is 0 Å². The first-order valence-corrected chi connectivity index (χ1v) is 5.69. The zero-order chi connectivity index (χ0) is 11.1. The van der Waals surface area contributed by atoms with Gasteiger partial charge in [0.15, 0.2) is 0 Å². The molecule has 77 valence electrons. The van der Waals surface area contributed by atoms with Gasteiger partial charge in [0.1, 0.15) is 5.75 Å². The van der Waals surface area contributed by atoms with Gasteiger partial charge in [-0.2, -0.15) is 0 Å². The zero-order valence-corrected chi connectivity index (χ0v) is 8.45. The second-order valence-corrected chi connectivity index (χ2v) is 4.58. The Bertz CT molecular complexity index is 620. The first-order valence-electron chi connectivity index (χ1n) is 4.20. The summed E-state index contributed by atoms with van der Waals surface area (Å²) in [5, 5.41) is 17.3. The van der Waals surface area contributed by atoms with Crippen molar-refractivity contribution in [3.05, 3.63) is 36.4 Å². The molecule has 0 aliphatic carbocycles. The highest BCUT2D eigenvalue weighted by Gasteiger charge is 2.14. The van der Waals surface area contributed by atoms with Crippen LogP contribution in [0.15, 0.2) is 41.3 Å². The molecule has 0 aliphatic rings. The van der Waals surface area contributed by atoms with Crippen molar-refractivity contribution in [2.24, 2.45) is 0 Å². The maximum atomic E-state index is 11.1. The quantitative estimate of drug-likeness (QED) is 0.794. The topological polar surface area (TPSA) is 78.2 Å². The Labute approximate surface area is 87.0 Å². The number of hydrogen-bond donors (Lipinski definition) is 1. The van der Waals surface area contributed by atoms with Gasteiger partial charge >= 0.3 is 0 Å². The molecule has 4 nitrogen and oxygen atoms in total. The Balaban J connectivity index is 2.96. The standard InChI is InChI=1S/C10H8NO3S/c11-15(13,14)10-6-5-9(12)7-3-1-2-4-8(7)10/h1-6,11-12H. The number of hydrogen-bond acceptors (Lipinski definition) is 3. The second kappa shape index (κ2) is 3.22. The van der Waals surface area contributed by atoms with E-state index in [1.165, 1.54) is 12.1 Å². The van der Waals surface area contributed by atoms with E-state index in [0.717, 1.165) is 0 Å². The van der Waals surface area contributed by atoms with Crippen LogP contribution in [0.5, 0.6) is 5.75 Å². The van der Waals surface area contributed by atoms with Crippen molar-refractivity contribution in [3.8, 4) is 5.75 Å². The third kappa shape index (κ3) is 1.67. The summed E-state index contributed by atoms with van der Waals surface area (Å²) in [6.45, 7) is 0. The van der Waals surface area contributed by atoms with Gasteiger partial charge in [-0.3, -0.25) is 0 Å². The summed E-state index contributed by atoms with van der Waals surface area (Å²) < 4.78 is 22.3. The fourth-order valence-corrected chi connectivity index (χ4v) is 2.20. The van der Waals surface area contributed by atoms with Gasteiger partial charge in [0.05, 0.1) is 4.90 Å². The van der Waals surface area contributed by atoms with Crippen LogP contribution in [0.25, 0.3) is 10.8 Å². The molecule has 0 saturated carbocycles. The normalized spacial score (nSPS) is 11.8. The SMILES string of the molecule is [NH]S(=O)(=O)c1ccc(O)c2ccccc12. The Morgan fingerprint density at radius 1 is 1.00 bits per heavy atom. The number of phenols is 1. The van der Waals surface area contributed by atoms with E-state index >= 15 is 0 Å². The third-order valence-electron chi connectivity index (χ3n) is 2.15. The van der Waals surface area contributed by atoms with Crippen molar-refractivity contribution >= 4 is 20.8 Å². The number of fused-ring (bicyclic) bond motifs is 1. The number of benzene rings is 2. The molecule has 0 fully saturated rings. The van der Waals surface area contributed by atoms with E-state index in [2.05, 4.69) is 0 Å². The average molecular weight is 222 g/mol. The highest BCUT2D eigenvalue weighted by atomic mass is 32.2. The summed E-state index contributed by atoms with van der Waals surface area (Å²) in [6.07, 6.45) is 0. The van der Waals surface area contributed by atoms with Gasteiger partial charge < -0.3 is 5.11 Å². The van der Waals surface area contributed by atoms with Crippen LogP contribution in [0.4, 0.5) is 0 Å². The molecule has 0 aliphatic heterocycles. The number of nitrogens with one attached hydrogen (secondary N) is 1. The van der Waals surface area contributed by atoms with Gasteiger partial charge in [0.2, 0.25) is 0 Å². The Morgan fingerprint density at radius 3 is 2.20 bits per heavy atom. The zero-order valence-electron chi connectivity index (χ0n) is 7.64. The highest BCUT2D eigenvalue weighted by molar-refractivity contribution is 7.89. The molecule has 0 saturated heterocycles. The lowest BCUT2D eigenvalue weighted by Crippen LogP contribution is -2.01. The summed E-state index contributed by atoms with van der Waals surface area (Å²) in [4.78, 5) is -0.0871. The molecule has 0 bridgehead atoms. The molecule has 0 unspecified atom stereocenters. The minimum Gasteiger partial charge on any atom is -0.507 e. The molecule has 2 aromatic rings. The van der Waals surface area contributed by atoms with E-state index in [0.29, 0.717) is 10.8 Å². The van der Waals surface area contributed by atoms with E-state index < -0.39 is 10.0 Å². The highest BCUT2D eigenvalue weighted by Crippen LogP contribution is 2.29. The third-order valence-corrected chi connectivity index (χ3v) is 3.09. The molecule has 0 heterocycles. The smallest absolute Gasteiger partial charge is 0.254 e. The predicted octanol–water partition coefficient (Wildman–Crippen LogP) is 1.52. The number of phenolic OH excluding ortho intramolecular Hbond substituents is 1. The van der Waals surface area contributed by atoms with Gasteiger partial charge in [-0.05, 0) is 12.1 Å². The van der Waals surface area contributed by atoms with Gasteiger partial charge in [-0.1, -0.05) is 24.3 Å².